The molecule has 2 aliphatic rings. The van der Waals surface area contributed by atoms with E-state index < -0.39 is 10.8 Å². The normalized spacial score (nSPS) is 13.5. The van der Waals surface area contributed by atoms with Crippen molar-refractivity contribution in [3.05, 3.63) is 263 Å². The third-order valence-corrected chi connectivity index (χ3v) is 14.0. The predicted octanol–water partition coefficient (Wildman–Crippen LogP) is 14.4. The van der Waals surface area contributed by atoms with E-state index >= 15 is 0 Å². The lowest BCUT2D eigenvalue weighted by Gasteiger charge is -2.34. The molecule has 10 aromatic rings. The predicted molar refractivity (Wildman–Crippen MR) is 270 cm³/mol. The van der Waals surface area contributed by atoms with Crippen LogP contribution in [0.25, 0.3) is 54.9 Å². The van der Waals surface area contributed by atoms with Crippen LogP contribution in [-0.2, 0) is 10.8 Å². The van der Waals surface area contributed by atoms with E-state index in [9.17, 15) is 0 Å². The van der Waals surface area contributed by atoms with E-state index in [1.165, 1.54) is 66.8 Å². The van der Waals surface area contributed by atoms with Crippen molar-refractivity contribution in [3.8, 4) is 69.6 Å². The molecule has 0 aliphatic heterocycles. The molecule has 12 rings (SSSR count). The first kappa shape index (κ1) is 39.1. The molecule has 0 unspecified atom stereocenters. The van der Waals surface area contributed by atoms with Gasteiger partial charge in [0.2, 0.25) is 0 Å². The highest BCUT2D eigenvalue weighted by Gasteiger charge is 2.47. The van der Waals surface area contributed by atoms with E-state index in [0.717, 1.165) is 44.2 Å². The van der Waals surface area contributed by atoms with Gasteiger partial charge in [-0.15, -0.1) is 12.8 Å². The first-order chi connectivity index (χ1) is 32.6. The molecule has 0 spiro atoms. The number of benzene rings is 10. The molecule has 0 amide bonds. The maximum atomic E-state index is 5.79. The smallest absolute Gasteiger partial charge is 0.148 e. The van der Waals surface area contributed by atoms with Crippen LogP contribution in [0.5, 0.6) is 11.5 Å². The van der Waals surface area contributed by atoms with Crippen molar-refractivity contribution in [3.63, 3.8) is 0 Å². The zero-order chi connectivity index (χ0) is 44.2. The fourth-order valence-corrected chi connectivity index (χ4v) is 11.2. The van der Waals surface area contributed by atoms with Gasteiger partial charge >= 0.3 is 0 Å². The van der Waals surface area contributed by atoms with Gasteiger partial charge in [0.15, 0.2) is 0 Å². The second-order valence-corrected chi connectivity index (χ2v) is 17.3. The van der Waals surface area contributed by atoms with Crippen molar-refractivity contribution in [2.45, 2.75) is 10.8 Å². The minimum Gasteiger partial charge on any atom is -0.481 e. The SMILES string of the molecule is C#CCOc1ccc2cc(C3(c4ccc(-c5ccc(C6(c7ccc8cc(OCC#C)ccc8c7)c7ccccc7-c7ccccc76)cc5)cc4)c4ccccc4-c4ccccc43)ccc2c1. The summed E-state index contributed by atoms with van der Waals surface area (Å²) < 4.78 is 11.6. The maximum Gasteiger partial charge on any atom is 0.148 e. The molecule has 10 aromatic carbocycles. The van der Waals surface area contributed by atoms with E-state index in [2.05, 4.69) is 218 Å². The average molecular weight is 843 g/mol. The Balaban J connectivity index is 0.973. The van der Waals surface area contributed by atoms with Gasteiger partial charge in [0.05, 0.1) is 10.8 Å². The van der Waals surface area contributed by atoms with Crippen LogP contribution in [0.2, 0.25) is 0 Å². The van der Waals surface area contributed by atoms with Crippen LogP contribution in [-0.4, -0.2) is 13.2 Å². The van der Waals surface area contributed by atoms with E-state index in [1.54, 1.807) is 0 Å². The van der Waals surface area contributed by atoms with Gasteiger partial charge in [-0.1, -0.05) is 194 Å². The number of hydrogen-bond acceptors (Lipinski definition) is 2. The van der Waals surface area contributed by atoms with E-state index in [-0.39, 0.29) is 13.2 Å². The zero-order valence-corrected chi connectivity index (χ0v) is 36.2. The molecule has 0 fully saturated rings. The van der Waals surface area contributed by atoms with Gasteiger partial charge in [-0.05, 0) is 136 Å². The second-order valence-electron chi connectivity index (χ2n) is 17.3. The third kappa shape index (κ3) is 5.86. The number of ether oxygens (including phenoxy) is 2. The second kappa shape index (κ2) is 15.6. The molecule has 0 radical (unpaired) electrons. The van der Waals surface area contributed by atoms with Gasteiger partial charge in [-0.2, -0.15) is 0 Å². The average Bonchev–Trinajstić information content (AvgIpc) is 3.86. The molecule has 0 saturated carbocycles. The Morgan fingerprint density at radius 2 is 0.621 bits per heavy atom. The quantitative estimate of drug-likeness (QED) is 0.135. The molecular formula is C64H42O2. The van der Waals surface area contributed by atoms with Gasteiger partial charge in [-0.25, -0.2) is 0 Å². The number of rotatable bonds is 9. The molecule has 310 valence electrons. The summed E-state index contributed by atoms with van der Waals surface area (Å²) in [6.45, 7) is 0.477. The summed E-state index contributed by atoms with van der Waals surface area (Å²) in [6.07, 6.45) is 11.0. The number of terminal acetylenes is 2. The lowest BCUT2D eigenvalue weighted by Crippen LogP contribution is -2.28. The van der Waals surface area contributed by atoms with Crippen LogP contribution in [0.4, 0.5) is 0 Å². The van der Waals surface area contributed by atoms with Gasteiger partial charge < -0.3 is 9.47 Å². The van der Waals surface area contributed by atoms with Gasteiger partial charge in [0.1, 0.15) is 24.7 Å². The first-order valence-corrected chi connectivity index (χ1v) is 22.4. The summed E-state index contributed by atoms with van der Waals surface area (Å²) in [4.78, 5) is 0. The summed E-state index contributed by atoms with van der Waals surface area (Å²) in [5, 5.41) is 4.50. The fraction of sp³-hybridized carbons (Fsp3) is 0.0625. The lowest BCUT2D eigenvalue weighted by molar-refractivity contribution is 0.371. The molecule has 0 N–H and O–H groups in total. The lowest BCUT2D eigenvalue weighted by atomic mass is 9.67. The summed E-state index contributed by atoms with van der Waals surface area (Å²) in [7, 11) is 0. The van der Waals surface area contributed by atoms with Crippen LogP contribution in [0.3, 0.4) is 0 Å². The molecule has 0 saturated heterocycles. The Morgan fingerprint density at radius 3 is 0.970 bits per heavy atom. The van der Waals surface area contributed by atoms with Crippen LogP contribution < -0.4 is 9.47 Å². The molecule has 66 heavy (non-hydrogen) atoms. The highest BCUT2D eigenvalue weighted by molar-refractivity contribution is 5.92. The number of fused-ring (bicyclic) bond motifs is 8. The van der Waals surface area contributed by atoms with Crippen molar-refractivity contribution in [1.82, 2.24) is 0 Å². The molecule has 0 heterocycles. The minimum atomic E-state index is -0.534. The fourth-order valence-electron chi connectivity index (χ4n) is 11.2. The third-order valence-electron chi connectivity index (χ3n) is 14.0. The molecule has 2 aliphatic carbocycles. The zero-order valence-electron chi connectivity index (χ0n) is 36.2. The molecular weight excluding hydrogens is 801 g/mol. The molecule has 0 bridgehead atoms. The van der Waals surface area contributed by atoms with Crippen molar-refractivity contribution < 1.29 is 9.47 Å². The van der Waals surface area contributed by atoms with E-state index in [1.807, 2.05) is 12.1 Å². The summed E-state index contributed by atoms with van der Waals surface area (Å²) in [5.74, 6) is 6.69. The number of hydrogen-bond donors (Lipinski definition) is 0. The van der Waals surface area contributed by atoms with E-state index in [4.69, 9.17) is 22.3 Å². The molecule has 0 aromatic heterocycles. The van der Waals surface area contributed by atoms with Crippen molar-refractivity contribution in [2.75, 3.05) is 13.2 Å². The Kier molecular flexibility index (Phi) is 9.24. The highest BCUT2D eigenvalue weighted by Crippen LogP contribution is 2.58. The minimum absolute atomic E-state index is 0.238. The van der Waals surface area contributed by atoms with Crippen molar-refractivity contribution >= 4 is 21.5 Å². The Labute approximate surface area is 385 Å². The van der Waals surface area contributed by atoms with Gasteiger partial charge in [0, 0.05) is 0 Å². The van der Waals surface area contributed by atoms with Crippen LogP contribution in [0, 0.1) is 24.7 Å². The molecule has 0 atom stereocenters. The first-order valence-electron chi connectivity index (χ1n) is 22.4. The van der Waals surface area contributed by atoms with Crippen LogP contribution in [0.1, 0.15) is 44.5 Å². The summed E-state index contributed by atoms with van der Waals surface area (Å²) in [6, 6.07) is 80.3. The largest absolute Gasteiger partial charge is 0.481 e. The summed E-state index contributed by atoms with van der Waals surface area (Å²) >= 11 is 0. The summed E-state index contributed by atoms with van der Waals surface area (Å²) in [5.41, 5.74) is 16.3. The topological polar surface area (TPSA) is 18.5 Å². The highest BCUT2D eigenvalue weighted by atomic mass is 16.5. The van der Waals surface area contributed by atoms with Crippen molar-refractivity contribution in [1.29, 1.82) is 0 Å². The Bertz CT molecular complexity index is 3280. The molecule has 2 nitrogen and oxygen atoms in total. The van der Waals surface area contributed by atoms with Crippen LogP contribution >= 0.6 is 0 Å². The van der Waals surface area contributed by atoms with Gasteiger partial charge in [-0.3, -0.25) is 0 Å². The van der Waals surface area contributed by atoms with Crippen molar-refractivity contribution in [2.24, 2.45) is 0 Å². The molecule has 2 heteroatoms. The Morgan fingerprint density at radius 1 is 0.318 bits per heavy atom. The van der Waals surface area contributed by atoms with E-state index in [0.29, 0.717) is 0 Å². The van der Waals surface area contributed by atoms with Crippen LogP contribution in [0.15, 0.2) is 218 Å². The standard InChI is InChI=1S/C64H42O2/c1-3-37-65-53-35-27-45-39-51(33-25-47(45)41-53)63(59-17-9-5-13-55(59)56-14-6-10-18-60(56)63)49-29-21-43(22-30-49)44-23-31-50(32-24-44)64(61-19-11-7-15-57(61)58-16-8-12-20-62(58)64)52-34-26-48-42-54(66-38-4-2)36-28-46(48)40-52/h1-2,5-36,39-42H,37-38H2. The monoisotopic (exact) mass is 842 g/mol. The Hall–Kier alpha value is -8.56. The maximum absolute atomic E-state index is 5.79. The van der Waals surface area contributed by atoms with Gasteiger partial charge in [0.25, 0.3) is 0 Å².